The Kier molecular flexibility index (Phi) is 4.03. The van der Waals surface area contributed by atoms with Crippen molar-refractivity contribution in [3.05, 3.63) is 78.0 Å². The average Bonchev–Trinajstić information content (AvgIpc) is 3.33. The van der Waals surface area contributed by atoms with E-state index in [1.807, 2.05) is 36.4 Å². The Morgan fingerprint density at radius 3 is 2.65 bits per heavy atom. The van der Waals surface area contributed by atoms with Gasteiger partial charge in [-0.3, -0.25) is 0 Å². The fraction of sp³-hybridized carbons (Fsp3) is 0.0526. The molecule has 0 fully saturated rings. The third-order valence-electron chi connectivity index (χ3n) is 3.84. The number of nitrogens with zero attached hydrogens (tertiary/aromatic N) is 4. The molecule has 1 aliphatic rings. The van der Waals surface area contributed by atoms with Crippen LogP contribution >= 0.6 is 0 Å². The zero-order chi connectivity index (χ0) is 17.9. The molecule has 0 radical (unpaired) electrons. The summed E-state index contributed by atoms with van der Waals surface area (Å²) in [4.78, 5) is 20.4. The van der Waals surface area contributed by atoms with Crippen molar-refractivity contribution >= 4 is 17.9 Å². The van der Waals surface area contributed by atoms with Crippen LogP contribution in [-0.4, -0.2) is 33.7 Å². The van der Waals surface area contributed by atoms with Crippen LogP contribution in [-0.2, 0) is 9.53 Å². The highest BCUT2D eigenvalue weighted by Crippen LogP contribution is 2.25. The Hall–Kier alpha value is -3.74. The standard InChI is InChI=1S/C19H14N4O3/c1-25-17-5-3-2-4-15(17)18-22-16(19(24)26-18)10-13-6-8-14(9-7-13)23-12-20-11-21-23/h2-12H,1H3/b16-10-. The largest absolute Gasteiger partial charge is 0.496 e. The minimum absolute atomic E-state index is 0.234. The number of carbonyl (C=O) groups excluding carboxylic acids is 1. The number of aromatic nitrogens is 3. The number of esters is 1. The maximum absolute atomic E-state index is 12.1. The summed E-state index contributed by atoms with van der Waals surface area (Å²) < 4.78 is 12.2. The maximum atomic E-state index is 12.1. The van der Waals surface area contributed by atoms with Crippen LogP contribution in [0.15, 0.2) is 71.9 Å². The molecular weight excluding hydrogens is 332 g/mol. The summed E-state index contributed by atoms with van der Waals surface area (Å²) in [6, 6.07) is 14.8. The Morgan fingerprint density at radius 1 is 1.12 bits per heavy atom. The van der Waals surface area contributed by atoms with Crippen molar-refractivity contribution in [2.45, 2.75) is 0 Å². The normalized spacial score (nSPS) is 15.0. The molecule has 0 bridgehead atoms. The number of hydrogen-bond donors (Lipinski definition) is 0. The Morgan fingerprint density at radius 2 is 1.92 bits per heavy atom. The van der Waals surface area contributed by atoms with Gasteiger partial charge in [-0.25, -0.2) is 19.5 Å². The Labute approximate surface area is 149 Å². The van der Waals surface area contributed by atoms with Crippen molar-refractivity contribution in [1.29, 1.82) is 0 Å². The smallest absolute Gasteiger partial charge is 0.363 e. The van der Waals surface area contributed by atoms with Gasteiger partial charge in [0.2, 0.25) is 5.90 Å². The van der Waals surface area contributed by atoms with Gasteiger partial charge >= 0.3 is 5.97 Å². The Balaban J connectivity index is 1.63. The van der Waals surface area contributed by atoms with Gasteiger partial charge in [0.05, 0.1) is 18.4 Å². The van der Waals surface area contributed by atoms with Crippen LogP contribution in [0.2, 0.25) is 0 Å². The van der Waals surface area contributed by atoms with Gasteiger partial charge in [-0.05, 0) is 35.9 Å². The molecule has 2 heterocycles. The number of hydrogen-bond acceptors (Lipinski definition) is 6. The molecule has 0 saturated carbocycles. The van der Waals surface area contributed by atoms with Crippen LogP contribution < -0.4 is 4.74 Å². The van der Waals surface area contributed by atoms with Gasteiger partial charge in [0.25, 0.3) is 0 Å². The van der Waals surface area contributed by atoms with Gasteiger partial charge in [0.1, 0.15) is 18.4 Å². The van der Waals surface area contributed by atoms with E-state index in [-0.39, 0.29) is 11.6 Å². The van der Waals surface area contributed by atoms with Crippen molar-refractivity contribution in [2.24, 2.45) is 4.99 Å². The third kappa shape index (κ3) is 2.98. The van der Waals surface area contributed by atoms with E-state index in [1.165, 1.54) is 6.33 Å². The molecule has 1 aliphatic heterocycles. The number of cyclic esters (lactones) is 1. The van der Waals surface area contributed by atoms with Crippen molar-refractivity contribution in [3.8, 4) is 11.4 Å². The van der Waals surface area contributed by atoms with Crippen LogP contribution in [0.1, 0.15) is 11.1 Å². The number of carbonyl (C=O) groups is 1. The monoisotopic (exact) mass is 346 g/mol. The molecule has 0 unspecified atom stereocenters. The maximum Gasteiger partial charge on any atom is 0.363 e. The zero-order valence-corrected chi connectivity index (χ0v) is 13.9. The molecule has 0 spiro atoms. The third-order valence-corrected chi connectivity index (χ3v) is 3.84. The number of rotatable bonds is 4. The molecule has 3 aromatic rings. The molecule has 0 aliphatic carbocycles. The van der Waals surface area contributed by atoms with E-state index in [9.17, 15) is 4.79 Å². The summed E-state index contributed by atoms with van der Waals surface area (Å²) in [6.07, 6.45) is 4.76. The molecular formula is C19H14N4O3. The summed E-state index contributed by atoms with van der Waals surface area (Å²) in [5.74, 6) is 0.335. The number of benzene rings is 2. The highest BCUT2D eigenvalue weighted by Gasteiger charge is 2.26. The van der Waals surface area contributed by atoms with Gasteiger partial charge in [0, 0.05) is 0 Å². The molecule has 2 aromatic carbocycles. The van der Waals surface area contributed by atoms with Gasteiger partial charge in [-0.1, -0.05) is 24.3 Å². The van der Waals surface area contributed by atoms with E-state index in [2.05, 4.69) is 15.1 Å². The minimum atomic E-state index is -0.494. The highest BCUT2D eigenvalue weighted by atomic mass is 16.6. The predicted molar refractivity (Wildman–Crippen MR) is 95.0 cm³/mol. The SMILES string of the molecule is COc1ccccc1C1=N/C(=C\c2ccc(-n3cncn3)cc2)C(=O)O1. The van der Waals surface area contributed by atoms with E-state index in [1.54, 1.807) is 36.3 Å². The number of methoxy groups -OCH3 is 1. The molecule has 1 aromatic heterocycles. The molecule has 128 valence electrons. The zero-order valence-electron chi connectivity index (χ0n) is 13.9. The summed E-state index contributed by atoms with van der Waals surface area (Å²) in [7, 11) is 1.56. The summed E-state index contributed by atoms with van der Waals surface area (Å²) in [5.41, 5.74) is 2.57. The fourth-order valence-corrected chi connectivity index (χ4v) is 2.57. The second-order valence-corrected chi connectivity index (χ2v) is 5.47. The van der Waals surface area contributed by atoms with Crippen LogP contribution in [0, 0.1) is 0 Å². The van der Waals surface area contributed by atoms with E-state index < -0.39 is 5.97 Å². The quantitative estimate of drug-likeness (QED) is 0.536. The lowest BCUT2D eigenvalue weighted by atomic mass is 10.2. The van der Waals surface area contributed by atoms with Crippen molar-refractivity contribution < 1.29 is 14.3 Å². The summed E-state index contributed by atoms with van der Waals surface area (Å²) in [6.45, 7) is 0. The van der Waals surface area contributed by atoms with E-state index in [0.717, 1.165) is 11.3 Å². The molecule has 4 rings (SSSR count). The lowest BCUT2D eigenvalue weighted by Crippen LogP contribution is -2.06. The lowest BCUT2D eigenvalue weighted by Gasteiger charge is -2.05. The van der Waals surface area contributed by atoms with Gasteiger partial charge in [-0.2, -0.15) is 5.10 Å². The van der Waals surface area contributed by atoms with Crippen LogP contribution in [0.25, 0.3) is 11.8 Å². The van der Waals surface area contributed by atoms with Gasteiger partial charge in [0.15, 0.2) is 5.70 Å². The number of ether oxygens (including phenoxy) is 2. The molecule has 0 amide bonds. The summed E-state index contributed by atoms with van der Waals surface area (Å²) >= 11 is 0. The first-order chi connectivity index (χ1) is 12.7. The number of aliphatic imine (C=N–C) groups is 1. The lowest BCUT2D eigenvalue weighted by molar-refractivity contribution is -0.129. The van der Waals surface area contributed by atoms with E-state index >= 15 is 0 Å². The van der Waals surface area contributed by atoms with Crippen molar-refractivity contribution in [1.82, 2.24) is 14.8 Å². The second-order valence-electron chi connectivity index (χ2n) is 5.47. The van der Waals surface area contributed by atoms with Crippen LogP contribution in [0.3, 0.4) is 0 Å². The van der Waals surface area contributed by atoms with Crippen LogP contribution in [0.5, 0.6) is 5.75 Å². The fourth-order valence-electron chi connectivity index (χ4n) is 2.57. The molecule has 0 N–H and O–H groups in total. The van der Waals surface area contributed by atoms with Gasteiger partial charge in [-0.15, -0.1) is 0 Å². The highest BCUT2D eigenvalue weighted by molar-refractivity contribution is 6.13. The first-order valence-corrected chi connectivity index (χ1v) is 7.85. The van der Waals surface area contributed by atoms with Crippen molar-refractivity contribution in [2.75, 3.05) is 7.11 Å². The molecule has 0 saturated heterocycles. The van der Waals surface area contributed by atoms with Crippen molar-refractivity contribution in [3.63, 3.8) is 0 Å². The minimum Gasteiger partial charge on any atom is -0.496 e. The molecule has 7 nitrogen and oxygen atoms in total. The van der Waals surface area contributed by atoms with Crippen LogP contribution in [0.4, 0.5) is 0 Å². The summed E-state index contributed by atoms with van der Waals surface area (Å²) in [5, 5.41) is 4.07. The second kappa shape index (κ2) is 6.64. The molecule has 26 heavy (non-hydrogen) atoms. The first kappa shape index (κ1) is 15.8. The first-order valence-electron chi connectivity index (χ1n) is 7.85. The molecule has 7 heteroatoms. The predicted octanol–water partition coefficient (Wildman–Crippen LogP) is 2.62. The van der Waals surface area contributed by atoms with E-state index in [0.29, 0.717) is 11.3 Å². The average molecular weight is 346 g/mol. The van der Waals surface area contributed by atoms with Gasteiger partial charge < -0.3 is 9.47 Å². The number of para-hydroxylation sites is 1. The molecule has 0 atom stereocenters. The Bertz CT molecular complexity index is 1010. The topological polar surface area (TPSA) is 78.6 Å². The van der Waals surface area contributed by atoms with E-state index in [4.69, 9.17) is 9.47 Å².